The first kappa shape index (κ1) is 23.1. The van der Waals surface area contributed by atoms with Gasteiger partial charge in [-0.1, -0.05) is 26.0 Å². The third-order valence-electron chi connectivity index (χ3n) is 4.26. The lowest BCUT2D eigenvalue weighted by Gasteiger charge is -2.33. The Hall–Kier alpha value is -0.880. The number of para-hydroxylation sites is 1. The van der Waals surface area contributed by atoms with E-state index in [2.05, 4.69) is 30.2 Å². The van der Waals surface area contributed by atoms with Gasteiger partial charge in [0, 0.05) is 13.0 Å². The number of nitrogens with two attached hydrogens (primary N) is 1. The molecule has 24 heavy (non-hydrogen) atoms. The first-order valence-electron chi connectivity index (χ1n) is 7.80. The summed E-state index contributed by atoms with van der Waals surface area (Å²) in [5.41, 5.74) is 6.51. The Morgan fingerprint density at radius 1 is 1.33 bits per heavy atom. The third-order valence-corrected chi connectivity index (χ3v) is 5.35. The highest BCUT2D eigenvalue weighted by atomic mass is 35.5. The van der Waals surface area contributed by atoms with Gasteiger partial charge in [0.2, 0.25) is 5.91 Å². The van der Waals surface area contributed by atoms with Gasteiger partial charge in [-0.05, 0) is 37.8 Å². The molecule has 1 aromatic carbocycles. The maximum atomic E-state index is 12.1. The fourth-order valence-corrected chi connectivity index (χ4v) is 3.25. The van der Waals surface area contributed by atoms with Crippen molar-refractivity contribution in [3.8, 4) is 0 Å². The number of fused-ring (bicyclic) bond motifs is 1. The minimum absolute atomic E-state index is 0. The van der Waals surface area contributed by atoms with Crippen LogP contribution >= 0.6 is 36.2 Å². The molecule has 0 aliphatic carbocycles. The van der Waals surface area contributed by atoms with Crippen LogP contribution in [-0.2, 0) is 11.2 Å². The van der Waals surface area contributed by atoms with Crippen molar-refractivity contribution < 1.29 is 4.79 Å². The molecule has 1 heterocycles. The lowest BCUT2D eigenvalue weighted by molar-refractivity contribution is -0.123. The predicted octanol–water partition coefficient (Wildman–Crippen LogP) is 3.95. The van der Waals surface area contributed by atoms with Gasteiger partial charge >= 0.3 is 0 Å². The Labute approximate surface area is 160 Å². The number of thiazole rings is 1. The van der Waals surface area contributed by atoms with E-state index in [0.717, 1.165) is 23.4 Å². The zero-order valence-corrected chi connectivity index (χ0v) is 16.8. The van der Waals surface area contributed by atoms with Crippen molar-refractivity contribution in [1.82, 2.24) is 10.3 Å². The van der Waals surface area contributed by atoms with Gasteiger partial charge in [0.05, 0.1) is 20.8 Å². The Morgan fingerprint density at radius 3 is 2.58 bits per heavy atom. The second-order valence-electron chi connectivity index (χ2n) is 6.25. The Balaban J connectivity index is 0.00000264. The number of hydrogen-bond acceptors (Lipinski definition) is 4. The van der Waals surface area contributed by atoms with Crippen LogP contribution in [0.15, 0.2) is 24.3 Å². The highest BCUT2D eigenvalue weighted by molar-refractivity contribution is 7.18. The maximum absolute atomic E-state index is 12.1. The van der Waals surface area contributed by atoms with Gasteiger partial charge < -0.3 is 11.1 Å². The minimum Gasteiger partial charge on any atom is -0.349 e. The summed E-state index contributed by atoms with van der Waals surface area (Å²) >= 11 is 1.71. The molecule has 3 N–H and O–H groups in total. The van der Waals surface area contributed by atoms with E-state index in [1.165, 1.54) is 4.70 Å². The number of benzene rings is 1. The molecular formula is C17H27Cl2N3OS. The molecule has 0 aliphatic heterocycles. The fraction of sp³-hybridized carbons (Fsp3) is 0.529. The zero-order chi connectivity index (χ0) is 16.2. The van der Waals surface area contributed by atoms with Gasteiger partial charge in [0.15, 0.2) is 0 Å². The SMILES string of the molecule is CC(C)C(C)(CN)NC(=O)CCCc1nc2ccccc2s1.Cl.Cl. The molecule has 1 unspecified atom stereocenters. The Morgan fingerprint density at radius 2 is 2.00 bits per heavy atom. The van der Waals surface area contributed by atoms with E-state index < -0.39 is 0 Å². The third kappa shape index (κ3) is 5.88. The van der Waals surface area contributed by atoms with Crippen LogP contribution in [0.3, 0.4) is 0 Å². The molecule has 0 aliphatic rings. The van der Waals surface area contributed by atoms with Crippen LogP contribution in [0.1, 0.15) is 38.6 Å². The lowest BCUT2D eigenvalue weighted by Crippen LogP contribution is -2.54. The van der Waals surface area contributed by atoms with Crippen LogP contribution in [0.2, 0.25) is 0 Å². The van der Waals surface area contributed by atoms with Crippen LogP contribution < -0.4 is 11.1 Å². The number of nitrogens with zero attached hydrogens (tertiary/aromatic N) is 1. The monoisotopic (exact) mass is 391 g/mol. The molecule has 2 rings (SSSR count). The number of amides is 1. The van der Waals surface area contributed by atoms with Crippen LogP contribution in [0.25, 0.3) is 10.2 Å². The van der Waals surface area contributed by atoms with Gasteiger partial charge in [0.25, 0.3) is 0 Å². The Kier molecular flexibility index (Phi) is 9.81. The quantitative estimate of drug-likeness (QED) is 0.750. The summed E-state index contributed by atoms with van der Waals surface area (Å²) in [5, 5.41) is 4.17. The number of hydrogen-bond donors (Lipinski definition) is 2. The van der Waals surface area contributed by atoms with Crippen LogP contribution in [-0.4, -0.2) is 23.0 Å². The Bertz CT molecular complexity index is 615. The van der Waals surface area contributed by atoms with Crippen molar-refractivity contribution in [1.29, 1.82) is 0 Å². The summed E-state index contributed by atoms with van der Waals surface area (Å²) in [6.07, 6.45) is 2.16. The number of rotatable bonds is 7. The van der Waals surface area contributed by atoms with Gasteiger partial charge in [-0.2, -0.15) is 0 Å². The molecule has 4 nitrogen and oxygen atoms in total. The van der Waals surface area contributed by atoms with Crippen LogP contribution in [0.5, 0.6) is 0 Å². The summed E-state index contributed by atoms with van der Waals surface area (Å²) in [7, 11) is 0. The number of carbonyl (C=O) groups excluding carboxylic acids is 1. The van der Waals surface area contributed by atoms with Crippen LogP contribution in [0, 0.1) is 5.92 Å². The fourth-order valence-electron chi connectivity index (χ4n) is 2.24. The zero-order valence-electron chi connectivity index (χ0n) is 14.4. The number of nitrogens with one attached hydrogen (secondary N) is 1. The van der Waals surface area contributed by atoms with Crippen molar-refractivity contribution >= 4 is 52.3 Å². The van der Waals surface area contributed by atoms with Gasteiger partial charge in [-0.15, -0.1) is 36.2 Å². The highest BCUT2D eigenvalue weighted by Gasteiger charge is 2.28. The molecule has 0 radical (unpaired) electrons. The van der Waals surface area contributed by atoms with Crippen molar-refractivity contribution in [2.75, 3.05) is 6.54 Å². The molecular weight excluding hydrogens is 365 g/mol. The summed E-state index contributed by atoms with van der Waals surface area (Å²) in [5.74, 6) is 0.383. The topological polar surface area (TPSA) is 68.0 Å². The second-order valence-corrected chi connectivity index (χ2v) is 7.37. The molecule has 7 heteroatoms. The normalized spacial score (nSPS) is 13.0. The first-order chi connectivity index (χ1) is 10.4. The largest absolute Gasteiger partial charge is 0.349 e. The average Bonchev–Trinajstić information content (AvgIpc) is 2.89. The molecule has 1 amide bonds. The molecule has 0 fully saturated rings. The minimum atomic E-state index is -0.326. The van der Waals surface area contributed by atoms with Crippen molar-refractivity contribution in [2.24, 2.45) is 11.7 Å². The average molecular weight is 392 g/mol. The predicted molar refractivity (Wildman–Crippen MR) is 107 cm³/mol. The molecule has 1 aromatic heterocycles. The summed E-state index contributed by atoms with van der Waals surface area (Å²) in [4.78, 5) is 16.7. The number of halogens is 2. The highest BCUT2D eigenvalue weighted by Crippen LogP contribution is 2.23. The smallest absolute Gasteiger partial charge is 0.220 e. The van der Waals surface area contributed by atoms with Crippen molar-refractivity contribution in [3.63, 3.8) is 0 Å². The van der Waals surface area contributed by atoms with Gasteiger partial charge in [-0.25, -0.2) is 4.98 Å². The number of aryl methyl sites for hydroxylation is 1. The van der Waals surface area contributed by atoms with Gasteiger partial charge in [0.1, 0.15) is 0 Å². The van der Waals surface area contributed by atoms with E-state index in [9.17, 15) is 4.79 Å². The number of carbonyl (C=O) groups is 1. The van der Waals surface area contributed by atoms with Gasteiger partial charge in [-0.3, -0.25) is 4.79 Å². The first-order valence-corrected chi connectivity index (χ1v) is 8.62. The van der Waals surface area contributed by atoms with Crippen molar-refractivity contribution in [3.05, 3.63) is 29.3 Å². The van der Waals surface area contributed by atoms with E-state index in [1.54, 1.807) is 11.3 Å². The van der Waals surface area contributed by atoms with E-state index in [0.29, 0.717) is 18.9 Å². The molecule has 2 aromatic rings. The summed E-state index contributed by atoms with van der Waals surface area (Å²) in [6.45, 7) is 6.61. The lowest BCUT2D eigenvalue weighted by atomic mass is 9.88. The molecule has 0 saturated carbocycles. The maximum Gasteiger partial charge on any atom is 0.220 e. The molecule has 136 valence electrons. The second kappa shape index (κ2) is 10.2. The van der Waals surface area contributed by atoms with Crippen molar-refractivity contribution in [2.45, 2.75) is 45.6 Å². The standard InChI is InChI=1S/C17H25N3OS.2ClH/c1-12(2)17(3,11-18)20-15(21)9-6-10-16-19-13-7-4-5-8-14(13)22-16;;/h4-5,7-8,12H,6,9-11,18H2,1-3H3,(H,20,21);2*1H. The molecule has 0 spiro atoms. The van der Waals surface area contributed by atoms with Crippen LogP contribution in [0.4, 0.5) is 0 Å². The number of aromatic nitrogens is 1. The molecule has 0 bridgehead atoms. The summed E-state index contributed by atoms with van der Waals surface area (Å²) < 4.78 is 1.21. The van der Waals surface area contributed by atoms with E-state index in [4.69, 9.17) is 5.73 Å². The van der Waals surface area contributed by atoms with E-state index in [-0.39, 0.29) is 36.3 Å². The van der Waals surface area contributed by atoms with E-state index in [1.807, 2.05) is 25.1 Å². The molecule has 0 saturated heterocycles. The molecule has 1 atom stereocenters. The summed E-state index contributed by atoms with van der Waals surface area (Å²) in [6, 6.07) is 8.13. The van der Waals surface area contributed by atoms with E-state index >= 15 is 0 Å².